The minimum absolute atomic E-state index is 0. The Hall–Kier alpha value is -1.87. The quantitative estimate of drug-likeness (QED) is 0.586. The van der Waals surface area contributed by atoms with Crippen molar-refractivity contribution >= 4 is 21.9 Å². The van der Waals surface area contributed by atoms with Crippen LogP contribution in [0.15, 0.2) is 15.6 Å². The third-order valence-corrected chi connectivity index (χ3v) is 8.20. The average Bonchev–Trinajstić information content (AvgIpc) is 3.14. The lowest BCUT2D eigenvalue weighted by Crippen LogP contribution is -2.50. The molecule has 0 aromatic carbocycles. The van der Waals surface area contributed by atoms with Gasteiger partial charge in [0, 0.05) is 36.7 Å². The molecule has 0 bridgehead atoms. The molecule has 1 aliphatic carbocycles. The second kappa shape index (κ2) is 13.1. The Morgan fingerprint density at radius 1 is 1.06 bits per heavy atom. The zero-order valence-electron chi connectivity index (χ0n) is 18.5. The van der Waals surface area contributed by atoms with E-state index in [-0.39, 0.29) is 50.1 Å². The summed E-state index contributed by atoms with van der Waals surface area (Å²) in [5, 5.41) is 2.76. The van der Waals surface area contributed by atoms with E-state index in [4.69, 9.17) is 4.42 Å². The number of sulfonamides is 1. The van der Waals surface area contributed by atoms with Crippen molar-refractivity contribution in [1.82, 2.24) is 9.62 Å². The molecule has 9 heteroatoms. The summed E-state index contributed by atoms with van der Waals surface area (Å²) in [6.07, 6.45) is 9.87. The molecule has 1 aromatic rings. The highest BCUT2D eigenvalue weighted by Gasteiger charge is 2.37. The van der Waals surface area contributed by atoms with Crippen molar-refractivity contribution in [3.05, 3.63) is 17.4 Å². The number of hydrogen-bond donors (Lipinski definition) is 1. The molecule has 2 aliphatic rings. The minimum Gasteiger partial charge on any atom is -0.463 e. The predicted molar refractivity (Wildman–Crippen MR) is 129 cm³/mol. The van der Waals surface area contributed by atoms with Gasteiger partial charge in [0.25, 0.3) is 10.0 Å². The SMILES string of the molecule is C.C.COC(=O)c1oc(S(=O)(=O)N2CCCCC2CNC(=O)C2CCCCCCC2)cc1C. The van der Waals surface area contributed by atoms with Crippen molar-refractivity contribution in [2.24, 2.45) is 5.92 Å². The number of esters is 1. The fourth-order valence-corrected chi connectivity index (χ4v) is 6.25. The highest BCUT2D eigenvalue weighted by Crippen LogP contribution is 2.29. The second-order valence-electron chi connectivity index (χ2n) is 8.62. The van der Waals surface area contributed by atoms with Crippen molar-refractivity contribution in [3.63, 3.8) is 0 Å². The van der Waals surface area contributed by atoms with Crippen LogP contribution >= 0.6 is 0 Å². The fraction of sp³-hybridized carbons (Fsp3) is 0.750. The summed E-state index contributed by atoms with van der Waals surface area (Å²) >= 11 is 0. The fourth-order valence-electron chi connectivity index (χ4n) is 4.57. The van der Waals surface area contributed by atoms with Crippen LogP contribution in [0.25, 0.3) is 0 Å². The summed E-state index contributed by atoms with van der Waals surface area (Å²) in [4.78, 5) is 24.6. The molecule has 0 spiro atoms. The van der Waals surface area contributed by atoms with Crippen LogP contribution in [0, 0.1) is 12.8 Å². The van der Waals surface area contributed by atoms with Gasteiger partial charge >= 0.3 is 5.97 Å². The van der Waals surface area contributed by atoms with Crippen molar-refractivity contribution in [3.8, 4) is 0 Å². The van der Waals surface area contributed by atoms with Gasteiger partial charge in [0.1, 0.15) is 0 Å². The molecule has 1 aromatic heterocycles. The summed E-state index contributed by atoms with van der Waals surface area (Å²) in [6.45, 7) is 2.26. The van der Waals surface area contributed by atoms with Gasteiger partial charge in [0.2, 0.25) is 16.8 Å². The lowest BCUT2D eigenvalue weighted by Gasteiger charge is -2.34. The normalized spacial score (nSPS) is 20.5. The molecule has 1 saturated carbocycles. The Labute approximate surface area is 199 Å². The van der Waals surface area contributed by atoms with Crippen LogP contribution in [0.2, 0.25) is 0 Å². The summed E-state index contributed by atoms with van der Waals surface area (Å²) < 4.78 is 38.0. The molecule has 1 amide bonds. The van der Waals surface area contributed by atoms with E-state index < -0.39 is 16.0 Å². The molecule has 3 rings (SSSR count). The first kappa shape index (κ1) is 29.2. The lowest BCUT2D eigenvalue weighted by molar-refractivity contribution is -0.125. The van der Waals surface area contributed by atoms with Crippen LogP contribution in [0.4, 0.5) is 0 Å². The van der Waals surface area contributed by atoms with Crippen LogP contribution in [0.5, 0.6) is 0 Å². The van der Waals surface area contributed by atoms with E-state index in [1.54, 1.807) is 6.92 Å². The number of carbonyl (C=O) groups excluding carboxylic acids is 2. The van der Waals surface area contributed by atoms with E-state index >= 15 is 0 Å². The maximum atomic E-state index is 13.3. The van der Waals surface area contributed by atoms with Gasteiger partial charge in [-0.25, -0.2) is 13.2 Å². The zero-order valence-corrected chi connectivity index (χ0v) is 19.3. The van der Waals surface area contributed by atoms with E-state index in [1.807, 2.05) is 0 Å². The molecular weight excluding hydrogens is 444 g/mol. The van der Waals surface area contributed by atoms with Crippen molar-refractivity contribution in [2.45, 2.75) is 97.1 Å². The lowest BCUT2D eigenvalue weighted by atomic mass is 9.90. The molecule has 1 N–H and O–H groups in total. The molecule has 33 heavy (non-hydrogen) atoms. The molecule has 0 radical (unpaired) electrons. The maximum absolute atomic E-state index is 13.3. The highest BCUT2D eigenvalue weighted by molar-refractivity contribution is 7.89. The molecule has 2 fully saturated rings. The van der Waals surface area contributed by atoms with Gasteiger partial charge in [0.15, 0.2) is 0 Å². The topological polar surface area (TPSA) is 106 Å². The summed E-state index contributed by atoms with van der Waals surface area (Å²) in [7, 11) is -2.71. The number of hydrogen-bond acceptors (Lipinski definition) is 6. The predicted octanol–water partition coefficient (Wildman–Crippen LogP) is 4.67. The third kappa shape index (κ3) is 7.06. The average molecular weight is 487 g/mol. The number of aryl methyl sites for hydroxylation is 1. The molecular formula is C24H42N2O6S. The largest absolute Gasteiger partial charge is 0.463 e. The molecule has 1 atom stereocenters. The summed E-state index contributed by atoms with van der Waals surface area (Å²) in [5.41, 5.74) is 0.413. The molecule has 2 heterocycles. The molecule has 8 nitrogen and oxygen atoms in total. The number of amides is 1. The Morgan fingerprint density at radius 2 is 1.67 bits per heavy atom. The number of nitrogens with one attached hydrogen (secondary N) is 1. The Morgan fingerprint density at radius 3 is 2.30 bits per heavy atom. The van der Waals surface area contributed by atoms with Gasteiger partial charge in [-0.15, -0.1) is 0 Å². The van der Waals surface area contributed by atoms with Crippen molar-refractivity contribution in [1.29, 1.82) is 0 Å². The van der Waals surface area contributed by atoms with Gasteiger partial charge in [-0.05, 0) is 32.6 Å². The maximum Gasteiger partial charge on any atom is 0.374 e. The monoisotopic (exact) mass is 486 g/mol. The van der Waals surface area contributed by atoms with Gasteiger partial charge in [0.05, 0.1) is 7.11 Å². The van der Waals surface area contributed by atoms with Gasteiger partial charge in [-0.2, -0.15) is 4.31 Å². The van der Waals surface area contributed by atoms with Gasteiger partial charge < -0.3 is 14.5 Å². The Bertz CT molecular complexity index is 872. The number of carbonyl (C=O) groups is 2. The third-order valence-electron chi connectivity index (χ3n) is 6.39. The van der Waals surface area contributed by atoms with E-state index in [0.29, 0.717) is 18.5 Å². The Kier molecular flexibility index (Phi) is 11.6. The smallest absolute Gasteiger partial charge is 0.374 e. The molecule has 1 unspecified atom stereocenters. The highest BCUT2D eigenvalue weighted by atomic mass is 32.2. The number of furan rings is 1. The second-order valence-corrected chi connectivity index (χ2v) is 10.4. The van der Waals surface area contributed by atoms with Crippen molar-refractivity contribution < 1.29 is 27.2 Å². The van der Waals surface area contributed by atoms with Crippen LogP contribution in [-0.4, -0.2) is 50.8 Å². The number of rotatable bonds is 6. The van der Waals surface area contributed by atoms with Crippen LogP contribution in [-0.2, 0) is 19.6 Å². The van der Waals surface area contributed by atoms with Gasteiger partial charge in [-0.3, -0.25) is 4.79 Å². The zero-order chi connectivity index (χ0) is 22.4. The van der Waals surface area contributed by atoms with E-state index in [0.717, 1.165) is 38.5 Å². The first-order valence-electron chi connectivity index (χ1n) is 11.3. The molecule has 1 aliphatic heterocycles. The molecule has 1 saturated heterocycles. The standard InChI is InChI=1S/C22H34N2O6S.2CH4/c1-16-14-19(30-20(16)22(26)29-2)31(27,28)24-13-9-8-12-18(24)15-23-21(25)17-10-6-4-3-5-7-11-17;;/h14,17-18H,3-13,15H2,1-2H3,(H,23,25);2*1H4. The van der Waals surface area contributed by atoms with E-state index in [9.17, 15) is 18.0 Å². The molecule has 190 valence electrons. The number of piperidine rings is 1. The van der Waals surface area contributed by atoms with Gasteiger partial charge in [-0.1, -0.05) is 53.4 Å². The summed E-state index contributed by atoms with van der Waals surface area (Å²) in [5.74, 6) is -0.760. The van der Waals surface area contributed by atoms with Crippen LogP contribution in [0.1, 0.15) is 95.2 Å². The van der Waals surface area contributed by atoms with E-state index in [1.165, 1.54) is 36.7 Å². The van der Waals surface area contributed by atoms with Crippen LogP contribution < -0.4 is 5.32 Å². The van der Waals surface area contributed by atoms with Crippen LogP contribution in [0.3, 0.4) is 0 Å². The first-order chi connectivity index (χ1) is 14.8. The summed E-state index contributed by atoms with van der Waals surface area (Å²) in [6, 6.07) is 1.03. The van der Waals surface area contributed by atoms with Crippen molar-refractivity contribution in [2.75, 3.05) is 20.2 Å². The number of methoxy groups -OCH3 is 1. The number of nitrogens with zero attached hydrogens (tertiary/aromatic N) is 1. The Balaban J connectivity index is 0.00000272. The number of ether oxygens (including phenoxy) is 1. The first-order valence-corrected chi connectivity index (χ1v) is 12.8. The minimum atomic E-state index is -3.93. The van der Waals surface area contributed by atoms with E-state index in [2.05, 4.69) is 10.1 Å².